The van der Waals surface area contributed by atoms with Crippen LogP contribution in [-0.4, -0.2) is 19.9 Å². The molecule has 1 aliphatic heterocycles. The topological polar surface area (TPSA) is 44.8 Å². The minimum atomic E-state index is -0.375. The van der Waals surface area contributed by atoms with Crippen LogP contribution in [0, 0.1) is 0 Å². The van der Waals surface area contributed by atoms with Crippen LogP contribution >= 0.6 is 11.6 Å². The van der Waals surface area contributed by atoms with Crippen LogP contribution in [0.2, 0.25) is 5.02 Å². The first kappa shape index (κ1) is 13.6. The summed E-state index contributed by atoms with van der Waals surface area (Å²) in [5, 5.41) is 0.599. The standard InChI is InChI=1S/C15H17ClO4/c1-18-15(17)11-9-6-4-2-3-5-7-10(9)12(16)14-13(11)19-8-20-14/h2-8H2,1H3. The van der Waals surface area contributed by atoms with Crippen LogP contribution in [0.3, 0.4) is 0 Å². The van der Waals surface area contributed by atoms with E-state index in [1.54, 1.807) is 0 Å². The number of carbonyl (C=O) groups excluding carboxylic acids is 1. The SMILES string of the molecule is COC(=O)c1c2c(c(Cl)c3c1OCO3)CCCCCC2. The Labute approximate surface area is 123 Å². The van der Waals surface area contributed by atoms with Crippen LogP contribution in [-0.2, 0) is 17.6 Å². The highest BCUT2D eigenvalue weighted by Crippen LogP contribution is 2.47. The van der Waals surface area contributed by atoms with E-state index in [0.29, 0.717) is 22.1 Å². The average molecular weight is 297 g/mol. The van der Waals surface area contributed by atoms with Crippen LogP contribution in [0.5, 0.6) is 11.5 Å². The molecule has 20 heavy (non-hydrogen) atoms. The summed E-state index contributed by atoms with van der Waals surface area (Å²) in [6.45, 7) is 0.0991. The van der Waals surface area contributed by atoms with E-state index in [-0.39, 0.29) is 12.8 Å². The van der Waals surface area contributed by atoms with Gasteiger partial charge < -0.3 is 14.2 Å². The zero-order valence-corrected chi connectivity index (χ0v) is 12.2. The average Bonchev–Trinajstić information content (AvgIpc) is 2.89. The zero-order chi connectivity index (χ0) is 14.1. The molecule has 3 rings (SSSR count). The molecule has 1 heterocycles. The maximum atomic E-state index is 12.2. The molecular formula is C15H17ClO4. The molecule has 108 valence electrons. The molecule has 0 amide bonds. The Balaban J connectivity index is 2.23. The Bertz CT molecular complexity index is 554. The van der Waals surface area contributed by atoms with Crippen LogP contribution in [0.25, 0.3) is 0 Å². The normalized spacial score (nSPS) is 17.1. The van der Waals surface area contributed by atoms with Crippen molar-refractivity contribution in [1.82, 2.24) is 0 Å². The molecule has 0 radical (unpaired) electrons. The number of rotatable bonds is 1. The molecule has 0 saturated heterocycles. The Morgan fingerprint density at radius 3 is 2.40 bits per heavy atom. The molecule has 0 aromatic heterocycles. The monoisotopic (exact) mass is 296 g/mol. The van der Waals surface area contributed by atoms with Gasteiger partial charge in [0.05, 0.1) is 12.1 Å². The van der Waals surface area contributed by atoms with E-state index in [1.807, 2.05) is 0 Å². The molecule has 1 aliphatic carbocycles. The molecular weight excluding hydrogens is 280 g/mol. The third-order valence-electron chi connectivity index (χ3n) is 3.96. The largest absolute Gasteiger partial charge is 0.465 e. The van der Waals surface area contributed by atoms with Crippen molar-refractivity contribution >= 4 is 17.6 Å². The van der Waals surface area contributed by atoms with Gasteiger partial charge in [0.15, 0.2) is 11.5 Å². The summed E-state index contributed by atoms with van der Waals surface area (Å²) in [7, 11) is 1.38. The zero-order valence-electron chi connectivity index (χ0n) is 11.5. The third-order valence-corrected chi connectivity index (χ3v) is 4.36. The number of carbonyl (C=O) groups is 1. The van der Waals surface area contributed by atoms with E-state index in [4.69, 9.17) is 25.8 Å². The number of halogens is 1. The van der Waals surface area contributed by atoms with E-state index in [2.05, 4.69) is 0 Å². The molecule has 0 spiro atoms. The van der Waals surface area contributed by atoms with Crippen molar-refractivity contribution in [2.45, 2.75) is 38.5 Å². The van der Waals surface area contributed by atoms with Gasteiger partial charge in [0.1, 0.15) is 5.56 Å². The lowest BCUT2D eigenvalue weighted by molar-refractivity contribution is 0.0594. The Hall–Kier alpha value is -1.42. The highest BCUT2D eigenvalue weighted by molar-refractivity contribution is 6.33. The first-order valence-corrected chi connectivity index (χ1v) is 7.33. The first-order valence-electron chi connectivity index (χ1n) is 6.95. The Morgan fingerprint density at radius 2 is 1.70 bits per heavy atom. The molecule has 0 atom stereocenters. The second kappa shape index (κ2) is 5.52. The van der Waals surface area contributed by atoms with Crippen LogP contribution in [0.1, 0.15) is 47.2 Å². The molecule has 2 aliphatic rings. The van der Waals surface area contributed by atoms with Crippen molar-refractivity contribution in [2.24, 2.45) is 0 Å². The molecule has 5 heteroatoms. The fraction of sp³-hybridized carbons (Fsp3) is 0.533. The molecule has 4 nitrogen and oxygen atoms in total. The molecule has 0 saturated carbocycles. The van der Waals surface area contributed by atoms with Gasteiger partial charge in [0, 0.05) is 0 Å². The maximum absolute atomic E-state index is 12.2. The smallest absolute Gasteiger partial charge is 0.342 e. The fourth-order valence-corrected chi connectivity index (χ4v) is 3.35. The summed E-state index contributed by atoms with van der Waals surface area (Å²) in [5.41, 5.74) is 2.50. The number of hydrogen-bond acceptors (Lipinski definition) is 4. The number of methoxy groups -OCH3 is 1. The van der Waals surface area contributed by atoms with Gasteiger partial charge in [0.25, 0.3) is 0 Å². The van der Waals surface area contributed by atoms with E-state index in [1.165, 1.54) is 20.0 Å². The van der Waals surface area contributed by atoms with Crippen molar-refractivity contribution in [2.75, 3.05) is 13.9 Å². The molecule has 0 bridgehead atoms. The van der Waals surface area contributed by atoms with Gasteiger partial charge >= 0.3 is 5.97 Å². The highest BCUT2D eigenvalue weighted by atomic mass is 35.5. The summed E-state index contributed by atoms with van der Waals surface area (Å²) in [4.78, 5) is 12.2. The van der Waals surface area contributed by atoms with Crippen molar-refractivity contribution in [3.8, 4) is 11.5 Å². The predicted molar refractivity (Wildman–Crippen MR) is 74.8 cm³/mol. The summed E-state index contributed by atoms with van der Waals surface area (Å²) in [6, 6.07) is 0. The van der Waals surface area contributed by atoms with Gasteiger partial charge in [-0.2, -0.15) is 0 Å². The molecule has 0 N–H and O–H groups in total. The number of hydrogen-bond donors (Lipinski definition) is 0. The summed E-state index contributed by atoms with van der Waals surface area (Å²) >= 11 is 6.46. The number of benzene rings is 1. The van der Waals surface area contributed by atoms with Crippen molar-refractivity contribution in [3.05, 3.63) is 21.7 Å². The lowest BCUT2D eigenvalue weighted by atomic mass is 9.89. The van der Waals surface area contributed by atoms with E-state index < -0.39 is 0 Å². The van der Waals surface area contributed by atoms with Crippen molar-refractivity contribution in [1.29, 1.82) is 0 Å². The lowest BCUT2D eigenvalue weighted by Crippen LogP contribution is -2.12. The second-order valence-electron chi connectivity index (χ2n) is 5.12. The van der Waals surface area contributed by atoms with Gasteiger partial charge in [-0.25, -0.2) is 4.79 Å². The first-order chi connectivity index (χ1) is 9.74. The lowest BCUT2D eigenvalue weighted by Gasteiger charge is -2.20. The highest BCUT2D eigenvalue weighted by Gasteiger charge is 2.32. The predicted octanol–water partition coefficient (Wildman–Crippen LogP) is 3.51. The summed E-state index contributed by atoms with van der Waals surface area (Å²) in [6.07, 6.45) is 6.19. The van der Waals surface area contributed by atoms with Crippen LogP contribution in [0.15, 0.2) is 0 Å². The number of esters is 1. The summed E-state index contributed by atoms with van der Waals surface area (Å²) in [5.74, 6) is 0.563. The fourth-order valence-electron chi connectivity index (χ4n) is 3.00. The molecule has 0 fully saturated rings. The van der Waals surface area contributed by atoms with Gasteiger partial charge in [-0.15, -0.1) is 0 Å². The molecule has 0 unspecified atom stereocenters. The number of ether oxygens (including phenoxy) is 3. The van der Waals surface area contributed by atoms with Gasteiger partial charge in [-0.1, -0.05) is 24.4 Å². The second-order valence-corrected chi connectivity index (χ2v) is 5.49. The minimum absolute atomic E-state index is 0.0991. The minimum Gasteiger partial charge on any atom is -0.465 e. The number of fused-ring (bicyclic) bond motifs is 2. The van der Waals surface area contributed by atoms with E-state index >= 15 is 0 Å². The van der Waals surface area contributed by atoms with E-state index in [9.17, 15) is 4.79 Å². The Morgan fingerprint density at radius 1 is 1.05 bits per heavy atom. The third kappa shape index (κ3) is 2.12. The Kier molecular flexibility index (Phi) is 3.74. The van der Waals surface area contributed by atoms with Crippen LogP contribution < -0.4 is 9.47 Å². The molecule has 1 aromatic carbocycles. The van der Waals surface area contributed by atoms with Gasteiger partial charge in [-0.3, -0.25) is 0 Å². The maximum Gasteiger partial charge on any atom is 0.342 e. The summed E-state index contributed by atoms with van der Waals surface area (Å²) < 4.78 is 15.8. The van der Waals surface area contributed by atoms with Gasteiger partial charge in [0.2, 0.25) is 6.79 Å². The van der Waals surface area contributed by atoms with Gasteiger partial charge in [-0.05, 0) is 36.8 Å². The quantitative estimate of drug-likeness (QED) is 0.744. The van der Waals surface area contributed by atoms with Crippen molar-refractivity contribution < 1.29 is 19.0 Å². The van der Waals surface area contributed by atoms with E-state index in [0.717, 1.165) is 36.8 Å². The van der Waals surface area contributed by atoms with Crippen LogP contribution in [0.4, 0.5) is 0 Å². The molecule has 1 aromatic rings. The van der Waals surface area contributed by atoms with Crippen molar-refractivity contribution in [3.63, 3.8) is 0 Å².